The SMILES string of the molecule is CCn1c(=O)c(=O)n(CC)c2cc([N+](=O)[O-])c([N+](=O)[O-])cc21. The average Bonchev–Trinajstić information content (AvgIpc) is 2.47. The Labute approximate surface area is 122 Å². The fourth-order valence-electron chi connectivity index (χ4n) is 2.36. The van der Waals surface area contributed by atoms with Crippen molar-refractivity contribution in [2.45, 2.75) is 26.9 Å². The molecule has 0 N–H and O–H groups in total. The maximum atomic E-state index is 12.0. The molecule has 1 aromatic carbocycles. The summed E-state index contributed by atoms with van der Waals surface area (Å²) in [5, 5.41) is 22.0. The standard InChI is InChI=1S/C12H12N4O6/c1-3-13-7-5-9(15(19)20)10(16(21)22)6-8(7)14(4-2)12(18)11(13)17/h5-6H,3-4H2,1-2H3. The van der Waals surface area contributed by atoms with Gasteiger partial charge in [-0.1, -0.05) is 0 Å². The predicted octanol–water partition coefficient (Wildman–Crippen LogP) is 1.02. The van der Waals surface area contributed by atoms with Crippen LogP contribution in [-0.4, -0.2) is 19.0 Å². The quantitative estimate of drug-likeness (QED) is 0.470. The normalized spacial score (nSPS) is 10.8. The van der Waals surface area contributed by atoms with Crippen molar-refractivity contribution in [2.24, 2.45) is 0 Å². The first-order valence-corrected chi connectivity index (χ1v) is 6.43. The van der Waals surface area contributed by atoms with Crippen LogP contribution >= 0.6 is 0 Å². The molecule has 2 rings (SSSR count). The fourth-order valence-corrected chi connectivity index (χ4v) is 2.36. The number of aromatic nitrogens is 2. The van der Waals surface area contributed by atoms with Crippen LogP contribution in [0.3, 0.4) is 0 Å². The molecule has 0 aliphatic carbocycles. The first-order chi connectivity index (χ1) is 10.3. The van der Waals surface area contributed by atoms with Crippen LogP contribution < -0.4 is 11.1 Å². The van der Waals surface area contributed by atoms with E-state index >= 15 is 0 Å². The maximum Gasteiger partial charge on any atom is 0.348 e. The van der Waals surface area contributed by atoms with Gasteiger partial charge in [0.05, 0.1) is 20.9 Å². The van der Waals surface area contributed by atoms with Crippen LogP contribution in [0.15, 0.2) is 21.7 Å². The number of hydrogen-bond donors (Lipinski definition) is 0. The highest BCUT2D eigenvalue weighted by molar-refractivity contribution is 5.83. The third-order valence-corrected chi connectivity index (χ3v) is 3.35. The van der Waals surface area contributed by atoms with Gasteiger partial charge in [-0.05, 0) is 13.8 Å². The van der Waals surface area contributed by atoms with Gasteiger partial charge in [-0.2, -0.15) is 0 Å². The second-order valence-corrected chi connectivity index (χ2v) is 4.44. The topological polar surface area (TPSA) is 130 Å². The van der Waals surface area contributed by atoms with Crippen LogP contribution in [0.25, 0.3) is 11.0 Å². The summed E-state index contributed by atoms with van der Waals surface area (Å²) in [6.07, 6.45) is 0. The van der Waals surface area contributed by atoms with Crippen LogP contribution in [0.5, 0.6) is 0 Å². The number of aryl methyl sites for hydroxylation is 2. The Morgan fingerprint density at radius 3 is 1.41 bits per heavy atom. The van der Waals surface area contributed by atoms with Crippen LogP contribution in [0.2, 0.25) is 0 Å². The van der Waals surface area contributed by atoms with Gasteiger partial charge < -0.3 is 9.13 Å². The molecule has 0 amide bonds. The molecule has 1 heterocycles. The summed E-state index contributed by atoms with van der Waals surface area (Å²) in [4.78, 5) is 44.3. The zero-order valence-corrected chi connectivity index (χ0v) is 11.8. The van der Waals surface area contributed by atoms with E-state index in [1.165, 1.54) is 0 Å². The van der Waals surface area contributed by atoms with Crippen molar-refractivity contribution in [3.05, 3.63) is 53.1 Å². The average molecular weight is 308 g/mol. The second kappa shape index (κ2) is 5.39. The molecule has 10 heteroatoms. The molecule has 0 saturated heterocycles. The van der Waals surface area contributed by atoms with Crippen LogP contribution in [0.1, 0.15) is 13.8 Å². The molecule has 10 nitrogen and oxygen atoms in total. The molecule has 0 atom stereocenters. The second-order valence-electron chi connectivity index (χ2n) is 4.44. The Morgan fingerprint density at radius 2 is 1.18 bits per heavy atom. The first-order valence-electron chi connectivity index (χ1n) is 6.43. The summed E-state index contributed by atoms with van der Waals surface area (Å²) in [5.41, 5.74) is -2.85. The molecule has 0 aliphatic heterocycles. The zero-order chi connectivity index (χ0) is 16.6. The Balaban J connectivity index is 3.13. The van der Waals surface area contributed by atoms with E-state index in [0.29, 0.717) is 0 Å². The summed E-state index contributed by atoms with van der Waals surface area (Å²) in [7, 11) is 0. The lowest BCUT2D eigenvalue weighted by Gasteiger charge is -2.12. The van der Waals surface area contributed by atoms with E-state index in [1.807, 2.05) is 0 Å². The van der Waals surface area contributed by atoms with E-state index in [0.717, 1.165) is 21.3 Å². The van der Waals surface area contributed by atoms with Gasteiger partial charge in [0.1, 0.15) is 0 Å². The lowest BCUT2D eigenvalue weighted by atomic mass is 10.2. The van der Waals surface area contributed by atoms with Crippen LogP contribution in [0.4, 0.5) is 11.4 Å². The van der Waals surface area contributed by atoms with Crippen molar-refractivity contribution in [2.75, 3.05) is 0 Å². The van der Waals surface area contributed by atoms with Crippen molar-refractivity contribution in [3.63, 3.8) is 0 Å². The van der Waals surface area contributed by atoms with Gasteiger partial charge in [0, 0.05) is 25.2 Å². The number of nitrogens with zero attached hydrogens (tertiary/aromatic N) is 4. The molecule has 0 aliphatic rings. The molecular weight excluding hydrogens is 296 g/mol. The minimum absolute atomic E-state index is 0.115. The highest BCUT2D eigenvalue weighted by Gasteiger charge is 2.27. The Kier molecular flexibility index (Phi) is 3.76. The zero-order valence-electron chi connectivity index (χ0n) is 11.8. The van der Waals surface area contributed by atoms with Crippen LogP contribution in [-0.2, 0) is 13.1 Å². The summed E-state index contributed by atoms with van der Waals surface area (Å²) in [6.45, 7) is 3.43. The van der Waals surface area contributed by atoms with Crippen molar-refractivity contribution >= 4 is 22.4 Å². The van der Waals surface area contributed by atoms with Gasteiger partial charge >= 0.3 is 22.5 Å². The van der Waals surface area contributed by atoms with Gasteiger partial charge in [-0.15, -0.1) is 0 Å². The van der Waals surface area contributed by atoms with Gasteiger partial charge in [-0.3, -0.25) is 29.8 Å². The molecule has 0 spiro atoms. The Morgan fingerprint density at radius 1 is 0.864 bits per heavy atom. The first kappa shape index (κ1) is 15.4. The molecule has 0 bridgehead atoms. The summed E-state index contributed by atoms with van der Waals surface area (Å²) >= 11 is 0. The van der Waals surface area contributed by atoms with E-state index in [-0.39, 0.29) is 24.1 Å². The number of hydrogen-bond acceptors (Lipinski definition) is 6. The van der Waals surface area contributed by atoms with E-state index in [4.69, 9.17) is 0 Å². The van der Waals surface area contributed by atoms with E-state index in [9.17, 15) is 29.8 Å². The molecule has 0 fully saturated rings. The smallest absolute Gasteiger partial charge is 0.302 e. The molecule has 0 unspecified atom stereocenters. The number of nitro groups is 2. The van der Waals surface area contributed by atoms with E-state index in [1.54, 1.807) is 13.8 Å². The molecular formula is C12H12N4O6. The lowest BCUT2D eigenvalue weighted by molar-refractivity contribution is -0.422. The number of rotatable bonds is 4. The van der Waals surface area contributed by atoms with Gasteiger partial charge in [0.25, 0.3) is 0 Å². The summed E-state index contributed by atoms with van der Waals surface area (Å²) < 4.78 is 2.14. The monoisotopic (exact) mass is 308 g/mol. The van der Waals surface area contributed by atoms with Gasteiger partial charge in [0.15, 0.2) is 0 Å². The van der Waals surface area contributed by atoms with Crippen molar-refractivity contribution < 1.29 is 9.85 Å². The highest BCUT2D eigenvalue weighted by Crippen LogP contribution is 2.30. The van der Waals surface area contributed by atoms with Crippen molar-refractivity contribution in [3.8, 4) is 0 Å². The minimum Gasteiger partial charge on any atom is -0.302 e. The third kappa shape index (κ3) is 2.14. The largest absolute Gasteiger partial charge is 0.348 e. The molecule has 116 valence electrons. The molecule has 22 heavy (non-hydrogen) atoms. The van der Waals surface area contributed by atoms with Gasteiger partial charge in [-0.25, -0.2) is 0 Å². The summed E-state index contributed by atoms with van der Waals surface area (Å²) in [6, 6.07) is 1.92. The molecule has 1 aromatic heterocycles. The van der Waals surface area contributed by atoms with Crippen LogP contribution in [0, 0.1) is 20.2 Å². The van der Waals surface area contributed by atoms with Crippen molar-refractivity contribution in [1.29, 1.82) is 0 Å². The van der Waals surface area contributed by atoms with E-state index < -0.39 is 32.3 Å². The Hall–Kier alpha value is -3.04. The highest BCUT2D eigenvalue weighted by atomic mass is 16.6. The fraction of sp³-hybridized carbons (Fsp3) is 0.333. The lowest BCUT2D eigenvalue weighted by Crippen LogP contribution is -2.41. The Bertz CT molecular complexity index is 836. The third-order valence-electron chi connectivity index (χ3n) is 3.35. The maximum absolute atomic E-state index is 12.0. The van der Waals surface area contributed by atoms with Crippen molar-refractivity contribution in [1.82, 2.24) is 9.13 Å². The summed E-state index contributed by atoms with van der Waals surface area (Å²) in [5.74, 6) is 0. The molecule has 2 aromatic rings. The minimum atomic E-state index is -0.885. The van der Waals surface area contributed by atoms with Gasteiger partial charge in [0.2, 0.25) is 0 Å². The number of fused-ring (bicyclic) bond motifs is 1. The molecule has 0 saturated carbocycles. The number of benzene rings is 1. The number of nitro benzene ring substituents is 2. The molecule has 0 radical (unpaired) electrons. The predicted molar refractivity (Wildman–Crippen MR) is 77.1 cm³/mol. The van der Waals surface area contributed by atoms with E-state index in [2.05, 4.69) is 0 Å².